The second kappa shape index (κ2) is 8.02. The number of alkyl halides is 3. The summed E-state index contributed by atoms with van der Waals surface area (Å²) >= 11 is 0. The molecule has 6 nitrogen and oxygen atoms in total. The van der Waals surface area contributed by atoms with Crippen molar-refractivity contribution in [1.82, 2.24) is 20.7 Å². The molecule has 1 aromatic rings. The first-order chi connectivity index (χ1) is 10.2. The number of amides is 2. The zero-order valence-corrected chi connectivity index (χ0v) is 12.8. The summed E-state index contributed by atoms with van der Waals surface area (Å²) in [5.41, 5.74) is 0.0131. The van der Waals surface area contributed by atoms with Gasteiger partial charge in [-0.3, -0.25) is 0 Å². The van der Waals surface area contributed by atoms with Crippen molar-refractivity contribution in [3.63, 3.8) is 0 Å². The Hall–Kier alpha value is -1.77. The SMILES string of the molecule is CC[C@H](C)N(C)CCNC(=O)NCc1cc(C(F)(F)F)on1. The van der Waals surface area contributed by atoms with Gasteiger partial charge in [-0.05, 0) is 20.4 Å². The third-order valence-corrected chi connectivity index (χ3v) is 3.36. The van der Waals surface area contributed by atoms with Gasteiger partial charge in [0.05, 0.1) is 6.54 Å². The normalized spacial score (nSPS) is 13.2. The molecule has 0 unspecified atom stereocenters. The summed E-state index contributed by atoms with van der Waals surface area (Å²) in [5, 5.41) is 8.30. The fraction of sp³-hybridized carbons (Fsp3) is 0.692. The number of urea groups is 1. The number of likely N-dealkylation sites (N-methyl/N-ethyl adjacent to an activating group) is 1. The lowest BCUT2D eigenvalue weighted by molar-refractivity contribution is -0.155. The molecule has 0 aliphatic rings. The zero-order chi connectivity index (χ0) is 16.8. The largest absolute Gasteiger partial charge is 0.452 e. The number of aromatic nitrogens is 1. The molecule has 1 aromatic heterocycles. The van der Waals surface area contributed by atoms with Crippen LogP contribution in [0, 0.1) is 0 Å². The fourth-order valence-electron chi connectivity index (χ4n) is 1.64. The van der Waals surface area contributed by atoms with E-state index in [1.165, 1.54) is 0 Å². The van der Waals surface area contributed by atoms with Gasteiger partial charge in [0, 0.05) is 25.2 Å². The predicted octanol–water partition coefficient (Wildman–Crippen LogP) is 2.22. The number of halogens is 3. The van der Waals surface area contributed by atoms with Crippen LogP contribution in [0.3, 0.4) is 0 Å². The molecule has 2 amide bonds. The zero-order valence-electron chi connectivity index (χ0n) is 12.8. The van der Waals surface area contributed by atoms with Gasteiger partial charge in [0.1, 0.15) is 5.69 Å². The lowest BCUT2D eigenvalue weighted by Crippen LogP contribution is -2.41. The van der Waals surface area contributed by atoms with Gasteiger partial charge in [0.15, 0.2) is 0 Å². The summed E-state index contributed by atoms with van der Waals surface area (Å²) in [5.74, 6) is -1.18. The van der Waals surface area contributed by atoms with Gasteiger partial charge < -0.3 is 20.1 Å². The molecule has 126 valence electrons. The predicted molar refractivity (Wildman–Crippen MR) is 74.1 cm³/mol. The average Bonchev–Trinajstić information content (AvgIpc) is 2.93. The number of nitrogens with zero attached hydrogens (tertiary/aromatic N) is 2. The molecule has 0 radical (unpaired) electrons. The summed E-state index contributed by atoms with van der Waals surface area (Å²) in [4.78, 5) is 13.6. The number of carbonyl (C=O) groups is 1. The summed E-state index contributed by atoms with van der Waals surface area (Å²) in [6.07, 6.45) is -3.57. The van der Waals surface area contributed by atoms with E-state index in [-0.39, 0.29) is 12.2 Å². The molecular formula is C13H21F3N4O2. The Morgan fingerprint density at radius 1 is 1.45 bits per heavy atom. The van der Waals surface area contributed by atoms with Crippen LogP contribution in [0.15, 0.2) is 10.6 Å². The van der Waals surface area contributed by atoms with E-state index in [9.17, 15) is 18.0 Å². The van der Waals surface area contributed by atoms with E-state index in [0.717, 1.165) is 12.5 Å². The van der Waals surface area contributed by atoms with E-state index in [1.54, 1.807) is 0 Å². The number of nitrogens with one attached hydrogen (secondary N) is 2. The van der Waals surface area contributed by atoms with Crippen molar-refractivity contribution < 1.29 is 22.5 Å². The van der Waals surface area contributed by atoms with E-state index in [4.69, 9.17) is 0 Å². The first kappa shape index (κ1) is 18.3. The molecule has 0 aliphatic heterocycles. The monoisotopic (exact) mass is 322 g/mol. The maximum absolute atomic E-state index is 12.3. The lowest BCUT2D eigenvalue weighted by atomic mass is 10.2. The minimum absolute atomic E-state index is 0.0131. The molecule has 0 bridgehead atoms. The first-order valence-electron chi connectivity index (χ1n) is 6.98. The number of hydrogen-bond donors (Lipinski definition) is 2. The summed E-state index contributed by atoms with van der Waals surface area (Å²) in [6, 6.07) is 0.715. The summed E-state index contributed by atoms with van der Waals surface area (Å²) in [7, 11) is 1.96. The molecule has 0 saturated carbocycles. The molecule has 0 aliphatic carbocycles. The van der Waals surface area contributed by atoms with Crippen molar-refractivity contribution in [2.75, 3.05) is 20.1 Å². The molecule has 1 rings (SSSR count). The van der Waals surface area contributed by atoms with Gasteiger partial charge in [-0.25, -0.2) is 4.79 Å². The molecule has 0 fully saturated rings. The van der Waals surface area contributed by atoms with Crippen LogP contribution in [0.5, 0.6) is 0 Å². The van der Waals surface area contributed by atoms with Crippen LogP contribution in [0.2, 0.25) is 0 Å². The van der Waals surface area contributed by atoms with Crippen molar-refractivity contribution in [2.24, 2.45) is 0 Å². The van der Waals surface area contributed by atoms with Crippen LogP contribution in [-0.2, 0) is 12.7 Å². The standard InChI is InChI=1S/C13H21F3N4O2/c1-4-9(2)20(3)6-5-17-12(21)18-8-10-7-11(22-19-10)13(14,15)16/h7,9H,4-6,8H2,1-3H3,(H2,17,18,21)/t9-/m0/s1. The first-order valence-corrected chi connectivity index (χ1v) is 6.98. The smallest absolute Gasteiger partial charge is 0.351 e. The average molecular weight is 322 g/mol. The Bertz CT molecular complexity index is 476. The molecule has 1 heterocycles. The van der Waals surface area contributed by atoms with E-state index >= 15 is 0 Å². The van der Waals surface area contributed by atoms with Crippen LogP contribution in [-0.4, -0.2) is 42.3 Å². The minimum atomic E-state index is -4.58. The Morgan fingerprint density at radius 3 is 2.68 bits per heavy atom. The van der Waals surface area contributed by atoms with E-state index < -0.39 is 18.0 Å². The summed E-state index contributed by atoms with van der Waals surface area (Å²) in [6.45, 7) is 5.16. The van der Waals surface area contributed by atoms with Gasteiger partial charge in [-0.15, -0.1) is 0 Å². The quantitative estimate of drug-likeness (QED) is 0.807. The molecular weight excluding hydrogens is 301 g/mol. The second-order valence-electron chi connectivity index (χ2n) is 5.03. The van der Waals surface area contributed by atoms with Crippen molar-refractivity contribution in [3.8, 4) is 0 Å². The van der Waals surface area contributed by atoms with Gasteiger partial charge in [-0.2, -0.15) is 13.2 Å². The second-order valence-corrected chi connectivity index (χ2v) is 5.03. The van der Waals surface area contributed by atoms with Crippen LogP contribution in [0.4, 0.5) is 18.0 Å². The van der Waals surface area contributed by atoms with Crippen molar-refractivity contribution in [3.05, 3.63) is 17.5 Å². The highest BCUT2D eigenvalue weighted by Gasteiger charge is 2.36. The Balaban J connectivity index is 2.27. The van der Waals surface area contributed by atoms with Crippen molar-refractivity contribution in [1.29, 1.82) is 0 Å². The number of rotatable bonds is 7. The van der Waals surface area contributed by atoms with Crippen LogP contribution >= 0.6 is 0 Å². The van der Waals surface area contributed by atoms with Crippen molar-refractivity contribution >= 4 is 6.03 Å². The van der Waals surface area contributed by atoms with Gasteiger partial charge >= 0.3 is 12.2 Å². The molecule has 0 spiro atoms. The van der Waals surface area contributed by atoms with Gasteiger partial charge in [0.25, 0.3) is 0 Å². The molecule has 1 atom stereocenters. The molecule has 0 aromatic carbocycles. The van der Waals surface area contributed by atoms with Gasteiger partial charge in [0.2, 0.25) is 5.76 Å². The number of carbonyl (C=O) groups excluding carboxylic acids is 1. The maximum atomic E-state index is 12.3. The molecule has 0 saturated heterocycles. The van der Waals surface area contributed by atoms with E-state index in [1.807, 2.05) is 7.05 Å². The van der Waals surface area contributed by atoms with Crippen LogP contribution < -0.4 is 10.6 Å². The highest BCUT2D eigenvalue weighted by Crippen LogP contribution is 2.29. The van der Waals surface area contributed by atoms with E-state index in [2.05, 4.69) is 39.1 Å². The summed E-state index contributed by atoms with van der Waals surface area (Å²) < 4.78 is 41.1. The van der Waals surface area contributed by atoms with Gasteiger partial charge in [-0.1, -0.05) is 12.1 Å². The van der Waals surface area contributed by atoms with Crippen LogP contribution in [0.25, 0.3) is 0 Å². The number of hydrogen-bond acceptors (Lipinski definition) is 4. The van der Waals surface area contributed by atoms with Crippen molar-refractivity contribution in [2.45, 2.75) is 39.0 Å². The highest BCUT2D eigenvalue weighted by atomic mass is 19.4. The Morgan fingerprint density at radius 2 is 2.14 bits per heavy atom. The molecule has 22 heavy (non-hydrogen) atoms. The van der Waals surface area contributed by atoms with E-state index in [0.29, 0.717) is 19.1 Å². The Kier molecular flexibility index (Phi) is 6.66. The topological polar surface area (TPSA) is 70.4 Å². The van der Waals surface area contributed by atoms with Crippen LogP contribution in [0.1, 0.15) is 31.7 Å². The fourth-order valence-corrected chi connectivity index (χ4v) is 1.64. The minimum Gasteiger partial charge on any atom is -0.351 e. The lowest BCUT2D eigenvalue weighted by Gasteiger charge is -2.23. The molecule has 2 N–H and O–H groups in total. The third-order valence-electron chi connectivity index (χ3n) is 3.36. The molecule has 9 heteroatoms. The Labute approximate surface area is 127 Å². The maximum Gasteiger partial charge on any atom is 0.452 e. The third kappa shape index (κ3) is 5.92. The highest BCUT2D eigenvalue weighted by molar-refractivity contribution is 5.73.